The van der Waals surface area contributed by atoms with Gasteiger partial charge in [-0.05, 0) is 12.3 Å². The summed E-state index contributed by atoms with van der Waals surface area (Å²) in [5.41, 5.74) is -0.373. The summed E-state index contributed by atoms with van der Waals surface area (Å²) in [6.45, 7) is 4.23. The molecule has 0 saturated heterocycles. The van der Waals surface area contributed by atoms with E-state index in [1.54, 1.807) is 0 Å². The number of hydrogen-bond acceptors (Lipinski definition) is 6. The molecule has 0 atom stereocenters. The molecule has 1 heterocycles. The molecular formula is C15H18O7. The van der Waals surface area contributed by atoms with Crippen molar-refractivity contribution in [3.8, 4) is 5.75 Å². The van der Waals surface area contributed by atoms with Gasteiger partial charge in [0.2, 0.25) is 11.2 Å². The molecule has 7 heteroatoms. The van der Waals surface area contributed by atoms with E-state index >= 15 is 0 Å². The summed E-state index contributed by atoms with van der Waals surface area (Å²) < 4.78 is 15.2. The first kappa shape index (κ1) is 17.5. The molecule has 1 rings (SSSR count). The minimum atomic E-state index is -1.26. The van der Waals surface area contributed by atoms with Crippen molar-refractivity contribution in [3.63, 3.8) is 0 Å². The van der Waals surface area contributed by atoms with Crippen LogP contribution in [0.4, 0.5) is 0 Å². The molecular weight excluding hydrogens is 292 g/mol. The van der Waals surface area contributed by atoms with Gasteiger partial charge in [0.1, 0.15) is 18.6 Å². The van der Waals surface area contributed by atoms with Gasteiger partial charge < -0.3 is 19.0 Å². The van der Waals surface area contributed by atoms with Crippen molar-refractivity contribution in [1.29, 1.82) is 0 Å². The number of ether oxygens (including phenoxy) is 2. The van der Waals surface area contributed by atoms with Crippen LogP contribution in [0.25, 0.3) is 0 Å². The summed E-state index contributed by atoms with van der Waals surface area (Å²) >= 11 is 0. The molecule has 0 aliphatic carbocycles. The largest absolute Gasteiger partial charge is 0.487 e. The first-order chi connectivity index (χ1) is 10.4. The van der Waals surface area contributed by atoms with Gasteiger partial charge in [-0.2, -0.15) is 0 Å². The number of carboxylic acids is 1. The van der Waals surface area contributed by atoms with E-state index < -0.39 is 11.9 Å². The summed E-state index contributed by atoms with van der Waals surface area (Å²) in [7, 11) is 0. The third-order valence-electron chi connectivity index (χ3n) is 2.52. The standard InChI is InChI=1S/C15H18O7/c1-10(2)5-6-20-13-9-21-11(7-12(13)16)8-22-15(19)4-3-14(17)18/h3-4,7,9-10H,5-6,8H2,1-2H3,(H,17,18)/b4-3+. The molecule has 0 spiro atoms. The van der Waals surface area contributed by atoms with Crippen molar-refractivity contribution < 1.29 is 28.6 Å². The predicted octanol–water partition coefficient (Wildman–Crippen LogP) is 1.75. The summed E-state index contributed by atoms with van der Waals surface area (Å²) in [5, 5.41) is 8.35. The number of esters is 1. The molecule has 0 aromatic carbocycles. The molecule has 7 nitrogen and oxygen atoms in total. The average molecular weight is 310 g/mol. The second-order valence-electron chi connectivity index (χ2n) is 4.89. The number of carbonyl (C=O) groups excluding carboxylic acids is 1. The van der Waals surface area contributed by atoms with Crippen LogP contribution in [0.3, 0.4) is 0 Å². The summed E-state index contributed by atoms with van der Waals surface area (Å²) in [5.74, 6) is -1.40. The van der Waals surface area contributed by atoms with E-state index in [1.165, 1.54) is 12.3 Å². The van der Waals surface area contributed by atoms with Gasteiger partial charge in [-0.1, -0.05) is 13.8 Å². The molecule has 1 aromatic heterocycles. The quantitative estimate of drug-likeness (QED) is 0.576. The second kappa shape index (κ2) is 8.66. The Hall–Kier alpha value is -2.57. The molecule has 0 bridgehead atoms. The van der Waals surface area contributed by atoms with Gasteiger partial charge in [-0.3, -0.25) is 4.79 Å². The Morgan fingerprint density at radius 1 is 1.36 bits per heavy atom. The fourth-order valence-electron chi connectivity index (χ4n) is 1.35. The molecule has 0 unspecified atom stereocenters. The summed E-state index contributed by atoms with van der Waals surface area (Å²) in [6, 6.07) is 1.17. The number of aliphatic carboxylic acids is 1. The van der Waals surface area contributed by atoms with Crippen LogP contribution in [0, 0.1) is 5.92 Å². The molecule has 0 radical (unpaired) electrons. The average Bonchev–Trinajstić information content (AvgIpc) is 2.44. The maximum Gasteiger partial charge on any atom is 0.331 e. The van der Waals surface area contributed by atoms with Crippen molar-refractivity contribution in [3.05, 3.63) is 40.5 Å². The third-order valence-corrected chi connectivity index (χ3v) is 2.52. The lowest BCUT2D eigenvalue weighted by atomic mass is 10.1. The van der Waals surface area contributed by atoms with Crippen LogP contribution >= 0.6 is 0 Å². The van der Waals surface area contributed by atoms with E-state index in [-0.39, 0.29) is 23.5 Å². The molecule has 0 amide bonds. The number of rotatable bonds is 8. The van der Waals surface area contributed by atoms with Crippen LogP contribution in [0.2, 0.25) is 0 Å². The third kappa shape index (κ3) is 6.74. The first-order valence-electron chi connectivity index (χ1n) is 6.70. The van der Waals surface area contributed by atoms with Crippen molar-refractivity contribution in [2.45, 2.75) is 26.9 Å². The summed E-state index contributed by atoms with van der Waals surface area (Å²) in [6.07, 6.45) is 3.40. The molecule has 22 heavy (non-hydrogen) atoms. The number of carbonyl (C=O) groups is 2. The highest BCUT2D eigenvalue weighted by Gasteiger charge is 2.07. The molecule has 0 saturated carbocycles. The Bertz CT molecular complexity index is 598. The fraction of sp³-hybridized carbons (Fsp3) is 0.400. The van der Waals surface area contributed by atoms with Crippen molar-refractivity contribution in [2.75, 3.05) is 6.61 Å². The SMILES string of the molecule is CC(C)CCOc1coc(COC(=O)/C=C/C(=O)O)cc1=O. The zero-order valence-electron chi connectivity index (χ0n) is 12.4. The van der Waals surface area contributed by atoms with E-state index in [0.717, 1.165) is 12.5 Å². The van der Waals surface area contributed by atoms with E-state index in [9.17, 15) is 14.4 Å². The number of hydrogen-bond donors (Lipinski definition) is 1. The Labute approximate surface area is 127 Å². The van der Waals surface area contributed by atoms with Crippen molar-refractivity contribution in [2.24, 2.45) is 5.92 Å². The Balaban J connectivity index is 2.53. The Kier molecular flexibility index (Phi) is 6.88. The molecule has 1 N–H and O–H groups in total. The normalized spacial score (nSPS) is 10.9. The highest BCUT2D eigenvalue weighted by molar-refractivity contribution is 5.90. The highest BCUT2D eigenvalue weighted by atomic mass is 16.5. The smallest absolute Gasteiger partial charge is 0.331 e. The predicted molar refractivity (Wildman–Crippen MR) is 76.5 cm³/mol. The van der Waals surface area contributed by atoms with Gasteiger partial charge in [0.25, 0.3) is 0 Å². The Morgan fingerprint density at radius 2 is 2.09 bits per heavy atom. The zero-order chi connectivity index (χ0) is 16.5. The molecule has 1 aromatic rings. The zero-order valence-corrected chi connectivity index (χ0v) is 12.4. The minimum absolute atomic E-state index is 0.0986. The maximum absolute atomic E-state index is 11.8. The van der Waals surface area contributed by atoms with Gasteiger partial charge in [-0.15, -0.1) is 0 Å². The van der Waals surface area contributed by atoms with E-state index in [2.05, 4.69) is 0 Å². The van der Waals surface area contributed by atoms with E-state index in [4.69, 9.17) is 19.0 Å². The molecule has 0 fully saturated rings. The first-order valence-corrected chi connectivity index (χ1v) is 6.70. The molecule has 0 aliphatic heterocycles. The second-order valence-corrected chi connectivity index (χ2v) is 4.89. The van der Waals surface area contributed by atoms with Crippen LogP contribution in [0.5, 0.6) is 5.75 Å². The van der Waals surface area contributed by atoms with Gasteiger partial charge in [-0.25, -0.2) is 9.59 Å². The fourth-order valence-corrected chi connectivity index (χ4v) is 1.35. The van der Waals surface area contributed by atoms with Gasteiger partial charge >= 0.3 is 11.9 Å². The monoisotopic (exact) mass is 310 g/mol. The van der Waals surface area contributed by atoms with Crippen LogP contribution < -0.4 is 10.2 Å². The van der Waals surface area contributed by atoms with Crippen LogP contribution in [0.1, 0.15) is 26.0 Å². The number of carboxylic acid groups (broad SMARTS) is 1. The summed E-state index contributed by atoms with van der Waals surface area (Å²) in [4.78, 5) is 33.1. The van der Waals surface area contributed by atoms with Gasteiger partial charge in [0, 0.05) is 18.2 Å². The highest BCUT2D eigenvalue weighted by Crippen LogP contribution is 2.09. The minimum Gasteiger partial charge on any atom is -0.487 e. The lowest BCUT2D eigenvalue weighted by molar-refractivity contribution is -0.140. The van der Waals surface area contributed by atoms with Gasteiger partial charge in [0.15, 0.2) is 0 Å². The Morgan fingerprint density at radius 3 is 2.68 bits per heavy atom. The topological polar surface area (TPSA) is 103 Å². The lowest BCUT2D eigenvalue weighted by Gasteiger charge is -2.07. The maximum atomic E-state index is 11.8. The lowest BCUT2D eigenvalue weighted by Crippen LogP contribution is -2.11. The molecule has 0 aliphatic rings. The van der Waals surface area contributed by atoms with E-state index in [0.29, 0.717) is 18.6 Å². The van der Waals surface area contributed by atoms with Crippen molar-refractivity contribution in [1.82, 2.24) is 0 Å². The van der Waals surface area contributed by atoms with Gasteiger partial charge in [0.05, 0.1) is 6.61 Å². The molecule has 120 valence electrons. The van der Waals surface area contributed by atoms with Crippen molar-refractivity contribution >= 4 is 11.9 Å². The van der Waals surface area contributed by atoms with Crippen LogP contribution in [-0.4, -0.2) is 23.7 Å². The van der Waals surface area contributed by atoms with Crippen LogP contribution in [0.15, 0.2) is 33.7 Å². The van der Waals surface area contributed by atoms with Crippen LogP contribution in [-0.2, 0) is 20.9 Å². The van der Waals surface area contributed by atoms with E-state index in [1.807, 2.05) is 13.8 Å².